The molecule has 78 valence electrons. The molecule has 0 radical (unpaired) electrons. The zero-order valence-electron chi connectivity index (χ0n) is 8.36. The van der Waals surface area contributed by atoms with Gasteiger partial charge in [-0.3, -0.25) is 9.59 Å². The van der Waals surface area contributed by atoms with Crippen molar-refractivity contribution in [3.63, 3.8) is 0 Å². The van der Waals surface area contributed by atoms with Gasteiger partial charge in [-0.25, -0.2) is 0 Å². The van der Waals surface area contributed by atoms with Gasteiger partial charge < -0.3 is 9.88 Å². The molecule has 1 heterocycles. The van der Waals surface area contributed by atoms with Crippen LogP contribution in [0.5, 0.6) is 0 Å². The lowest BCUT2D eigenvalue weighted by Crippen LogP contribution is -2.28. The zero-order valence-corrected chi connectivity index (χ0v) is 8.36. The van der Waals surface area contributed by atoms with Gasteiger partial charge in [0.15, 0.2) is 0 Å². The van der Waals surface area contributed by atoms with E-state index < -0.39 is 0 Å². The Balaban J connectivity index is 2.77. The molecule has 0 aliphatic rings. The second-order valence-electron chi connectivity index (χ2n) is 3.08. The van der Waals surface area contributed by atoms with E-state index in [2.05, 4.69) is 4.98 Å². The van der Waals surface area contributed by atoms with Crippen molar-refractivity contribution in [2.75, 3.05) is 13.6 Å². The quantitative estimate of drug-likeness (QED) is 0.774. The van der Waals surface area contributed by atoms with Gasteiger partial charge in [-0.2, -0.15) is 5.26 Å². The summed E-state index contributed by atoms with van der Waals surface area (Å²) in [6.07, 6.45) is 1.71. The van der Waals surface area contributed by atoms with Crippen molar-refractivity contribution < 1.29 is 4.79 Å². The fourth-order valence-corrected chi connectivity index (χ4v) is 1.12. The Morgan fingerprint density at radius 3 is 3.00 bits per heavy atom. The molecule has 0 aromatic carbocycles. The molecule has 0 fully saturated rings. The predicted octanol–water partition coefficient (Wildman–Crippen LogP) is 0.361. The largest absolute Gasteiger partial charge is 0.341 e. The lowest BCUT2D eigenvalue weighted by Gasteiger charge is -2.14. The maximum atomic E-state index is 11.7. The van der Waals surface area contributed by atoms with Crippen molar-refractivity contribution in [1.29, 1.82) is 5.26 Å². The number of pyridine rings is 1. The third kappa shape index (κ3) is 2.95. The number of carbonyl (C=O) groups is 1. The predicted molar refractivity (Wildman–Crippen MR) is 54.3 cm³/mol. The molecule has 0 spiro atoms. The Labute approximate surface area is 87.0 Å². The topological polar surface area (TPSA) is 77.0 Å². The van der Waals surface area contributed by atoms with Crippen molar-refractivity contribution in [2.24, 2.45) is 0 Å². The number of H-pyrrole nitrogens is 1. The average Bonchev–Trinajstić information content (AvgIpc) is 2.24. The zero-order chi connectivity index (χ0) is 11.3. The number of rotatable bonds is 3. The molecule has 1 aromatic heterocycles. The first-order valence-electron chi connectivity index (χ1n) is 4.46. The van der Waals surface area contributed by atoms with Crippen LogP contribution in [0.4, 0.5) is 0 Å². The van der Waals surface area contributed by atoms with Crippen LogP contribution < -0.4 is 5.56 Å². The Morgan fingerprint density at radius 1 is 1.67 bits per heavy atom. The number of aromatic nitrogens is 1. The Bertz CT molecular complexity index is 444. The van der Waals surface area contributed by atoms with Gasteiger partial charge in [0.2, 0.25) is 5.56 Å². The van der Waals surface area contributed by atoms with Crippen LogP contribution in [-0.4, -0.2) is 29.4 Å². The standard InChI is InChI=1S/C10H11N3O2/c1-13(6-2-4-11)10(15)8-3-5-12-9(14)7-8/h3,5,7H,2,6H2,1H3,(H,12,14). The molecule has 1 N–H and O–H groups in total. The fourth-order valence-electron chi connectivity index (χ4n) is 1.12. The number of hydrogen-bond acceptors (Lipinski definition) is 3. The molecule has 5 heteroatoms. The van der Waals surface area contributed by atoms with Crippen LogP contribution in [0.3, 0.4) is 0 Å². The van der Waals surface area contributed by atoms with Gasteiger partial charge in [-0.15, -0.1) is 0 Å². The van der Waals surface area contributed by atoms with Crippen LogP contribution in [0.15, 0.2) is 23.1 Å². The van der Waals surface area contributed by atoms with Crippen LogP contribution in [0.25, 0.3) is 0 Å². The minimum absolute atomic E-state index is 0.253. The molecule has 0 unspecified atom stereocenters. The molecule has 0 saturated carbocycles. The van der Waals surface area contributed by atoms with E-state index in [1.165, 1.54) is 23.2 Å². The third-order valence-electron chi connectivity index (χ3n) is 1.93. The van der Waals surface area contributed by atoms with Gasteiger partial charge >= 0.3 is 0 Å². The Kier molecular flexibility index (Phi) is 3.63. The molecule has 0 aliphatic heterocycles. The lowest BCUT2D eigenvalue weighted by molar-refractivity contribution is 0.0798. The highest BCUT2D eigenvalue weighted by Gasteiger charge is 2.10. The number of nitrogens with zero attached hydrogens (tertiary/aromatic N) is 2. The maximum absolute atomic E-state index is 11.7. The summed E-state index contributed by atoms with van der Waals surface area (Å²) in [4.78, 5) is 26.5. The normalized spacial score (nSPS) is 9.33. The van der Waals surface area contributed by atoms with E-state index in [0.717, 1.165) is 0 Å². The first kappa shape index (κ1) is 11.0. The molecule has 1 aromatic rings. The highest BCUT2D eigenvalue weighted by molar-refractivity contribution is 5.93. The number of aromatic amines is 1. The molecule has 0 bridgehead atoms. The summed E-state index contributed by atoms with van der Waals surface area (Å²) in [6, 6.07) is 4.73. The van der Waals surface area contributed by atoms with E-state index in [1.807, 2.05) is 6.07 Å². The summed E-state index contributed by atoms with van der Waals surface area (Å²) in [5.41, 5.74) is 0.0220. The van der Waals surface area contributed by atoms with Crippen molar-refractivity contribution in [1.82, 2.24) is 9.88 Å². The third-order valence-corrected chi connectivity index (χ3v) is 1.93. The van der Waals surface area contributed by atoms with Crippen LogP contribution >= 0.6 is 0 Å². The average molecular weight is 205 g/mol. The number of amides is 1. The van der Waals surface area contributed by atoms with Gasteiger partial charge in [0.05, 0.1) is 12.5 Å². The lowest BCUT2D eigenvalue weighted by atomic mass is 10.2. The smallest absolute Gasteiger partial charge is 0.253 e. The van der Waals surface area contributed by atoms with Gasteiger partial charge in [-0.1, -0.05) is 0 Å². The minimum atomic E-state index is -0.311. The Morgan fingerprint density at radius 2 is 2.40 bits per heavy atom. The molecule has 1 rings (SSSR count). The summed E-state index contributed by atoms with van der Waals surface area (Å²) in [5, 5.41) is 8.37. The number of nitriles is 1. The summed E-state index contributed by atoms with van der Waals surface area (Å²) >= 11 is 0. The minimum Gasteiger partial charge on any atom is -0.341 e. The van der Waals surface area contributed by atoms with Crippen LogP contribution in [0.2, 0.25) is 0 Å². The van der Waals surface area contributed by atoms with Gasteiger partial charge in [0.25, 0.3) is 5.91 Å². The van der Waals surface area contributed by atoms with Gasteiger partial charge in [0.1, 0.15) is 0 Å². The molecular formula is C10H11N3O2. The van der Waals surface area contributed by atoms with E-state index in [0.29, 0.717) is 12.1 Å². The Hall–Kier alpha value is -2.09. The molecule has 0 atom stereocenters. The SMILES string of the molecule is CN(CCC#N)C(=O)c1cc[nH]c(=O)c1. The van der Waals surface area contributed by atoms with Gasteiger partial charge in [-0.05, 0) is 6.07 Å². The highest BCUT2D eigenvalue weighted by atomic mass is 16.2. The van der Waals surface area contributed by atoms with Gasteiger partial charge in [0, 0.05) is 31.4 Å². The first-order chi connectivity index (χ1) is 7.15. The van der Waals surface area contributed by atoms with Crippen molar-refractivity contribution in [3.05, 3.63) is 34.2 Å². The monoisotopic (exact) mass is 205 g/mol. The van der Waals surface area contributed by atoms with Crippen LogP contribution in [0.1, 0.15) is 16.8 Å². The second kappa shape index (κ2) is 4.96. The summed E-state index contributed by atoms with van der Waals surface area (Å²) in [6.45, 7) is 0.363. The molecule has 15 heavy (non-hydrogen) atoms. The van der Waals surface area contributed by atoms with E-state index >= 15 is 0 Å². The molecule has 0 aliphatic carbocycles. The molecular weight excluding hydrogens is 194 g/mol. The second-order valence-corrected chi connectivity index (χ2v) is 3.08. The fraction of sp³-hybridized carbons (Fsp3) is 0.300. The van der Waals surface area contributed by atoms with E-state index in [9.17, 15) is 9.59 Å². The van der Waals surface area contributed by atoms with Crippen LogP contribution in [-0.2, 0) is 0 Å². The number of hydrogen-bond donors (Lipinski definition) is 1. The van der Waals surface area contributed by atoms with Crippen molar-refractivity contribution in [3.8, 4) is 6.07 Å². The molecule has 5 nitrogen and oxygen atoms in total. The molecule has 1 amide bonds. The maximum Gasteiger partial charge on any atom is 0.253 e. The van der Waals surface area contributed by atoms with Crippen molar-refractivity contribution >= 4 is 5.91 Å². The van der Waals surface area contributed by atoms with E-state index in [1.54, 1.807) is 7.05 Å². The summed E-state index contributed by atoms with van der Waals surface area (Å²) in [5.74, 6) is -0.253. The van der Waals surface area contributed by atoms with E-state index in [-0.39, 0.29) is 17.9 Å². The van der Waals surface area contributed by atoms with Crippen LogP contribution in [0, 0.1) is 11.3 Å². The molecule has 0 saturated heterocycles. The number of nitrogens with one attached hydrogen (secondary N) is 1. The first-order valence-corrected chi connectivity index (χ1v) is 4.46. The van der Waals surface area contributed by atoms with E-state index in [4.69, 9.17) is 5.26 Å². The van der Waals surface area contributed by atoms with Crippen molar-refractivity contribution in [2.45, 2.75) is 6.42 Å². The summed E-state index contributed by atoms with van der Waals surface area (Å²) < 4.78 is 0. The summed E-state index contributed by atoms with van der Waals surface area (Å²) in [7, 11) is 1.60. The number of carbonyl (C=O) groups excluding carboxylic acids is 1. The highest BCUT2D eigenvalue weighted by Crippen LogP contribution is 1.99.